The lowest BCUT2D eigenvalue weighted by atomic mass is 9.81. The third-order valence-corrected chi connectivity index (χ3v) is 9.82. The number of ether oxygens (including phenoxy) is 2. The minimum atomic E-state index is -3.27. The molecule has 40 heavy (non-hydrogen) atoms. The maximum Gasteiger partial charge on any atom is 0.324 e. The molecule has 0 spiro atoms. The van der Waals surface area contributed by atoms with Crippen molar-refractivity contribution < 1.29 is 28.2 Å². The molecule has 0 bridgehead atoms. The quantitative estimate of drug-likeness (QED) is 0.0606. The minimum absolute atomic E-state index is 0.0159. The summed E-state index contributed by atoms with van der Waals surface area (Å²) in [5.41, 5.74) is 0. The maximum atomic E-state index is 12.1. The molecule has 0 aromatic rings. The molecule has 0 aromatic carbocycles. The first-order valence-corrected chi connectivity index (χ1v) is 18.9. The van der Waals surface area contributed by atoms with Crippen LogP contribution in [0.25, 0.3) is 0 Å². The van der Waals surface area contributed by atoms with Crippen LogP contribution in [-0.4, -0.2) is 64.2 Å². The highest BCUT2D eigenvalue weighted by Gasteiger charge is 2.44. The molecule has 0 saturated carbocycles. The van der Waals surface area contributed by atoms with Gasteiger partial charge < -0.3 is 28.7 Å². The first-order valence-electron chi connectivity index (χ1n) is 16.3. The third kappa shape index (κ3) is 18.5. The third-order valence-electron chi connectivity index (χ3n) is 8.14. The molecule has 2 N–H and O–H groups in total. The lowest BCUT2D eigenvalue weighted by molar-refractivity contribution is -0.121. The van der Waals surface area contributed by atoms with E-state index in [9.17, 15) is 9.69 Å². The fraction of sp³-hybridized carbons (Fsp3) is 0.967. The lowest BCUT2D eigenvalue weighted by Crippen LogP contribution is -2.33. The summed E-state index contributed by atoms with van der Waals surface area (Å²) in [4.78, 5) is 22.3. The monoisotopic (exact) mass is 605 g/mol. The molecule has 1 saturated heterocycles. The van der Waals surface area contributed by atoms with E-state index < -0.39 is 6.72 Å². The number of methoxy groups -OCH3 is 1. The number of hydrogen-bond acceptors (Lipinski definition) is 6. The molecule has 10 heteroatoms. The standard InChI is InChI=1S/C30H61BNO6PS/c1-4-5-6-7-8-9-10-11-12-13-14-17-20-23-28(33)32-24-21-18-15-16-19-22-26-29(38-39(34,40)36-3)27(25-35-2)37-30(26)31/h26-27,29-30H,4-25,31H2,1-3H3,(H,32,33)(H,34,40)/t26-,27+,29?,30+,39?/m0/s1. The van der Waals surface area contributed by atoms with Crippen molar-refractivity contribution in [2.75, 3.05) is 27.4 Å². The maximum absolute atomic E-state index is 12.1. The zero-order valence-electron chi connectivity index (χ0n) is 26.2. The van der Waals surface area contributed by atoms with Crippen LogP contribution in [0.15, 0.2) is 0 Å². The Morgan fingerprint density at radius 2 is 1.40 bits per heavy atom. The highest BCUT2D eigenvalue weighted by molar-refractivity contribution is 8.07. The number of amides is 1. The second kappa shape index (κ2) is 24.4. The van der Waals surface area contributed by atoms with Crippen LogP contribution < -0.4 is 5.32 Å². The van der Waals surface area contributed by atoms with Crippen LogP contribution in [-0.2, 0) is 35.1 Å². The molecule has 1 rings (SSSR count). The van der Waals surface area contributed by atoms with Crippen molar-refractivity contribution in [1.82, 2.24) is 5.32 Å². The summed E-state index contributed by atoms with van der Waals surface area (Å²) in [5.74, 6) is 0.352. The van der Waals surface area contributed by atoms with Gasteiger partial charge in [-0.3, -0.25) is 4.79 Å². The average Bonchev–Trinajstić information content (AvgIpc) is 3.21. The molecular weight excluding hydrogens is 544 g/mol. The number of unbranched alkanes of at least 4 members (excludes halogenated alkanes) is 16. The van der Waals surface area contributed by atoms with Gasteiger partial charge >= 0.3 is 6.72 Å². The molecule has 1 heterocycles. The molecule has 0 aromatic heterocycles. The van der Waals surface area contributed by atoms with Gasteiger partial charge in [-0.25, -0.2) is 0 Å². The number of nitrogens with one attached hydrogen (secondary N) is 1. The normalized spacial score (nSPS) is 22.4. The van der Waals surface area contributed by atoms with Crippen molar-refractivity contribution >= 4 is 32.3 Å². The Bertz CT molecular complexity index is 676. The van der Waals surface area contributed by atoms with E-state index in [-0.39, 0.29) is 30.0 Å². The van der Waals surface area contributed by atoms with Gasteiger partial charge in [-0.05, 0) is 31.1 Å². The zero-order chi connectivity index (χ0) is 29.5. The Morgan fingerprint density at radius 3 is 1.95 bits per heavy atom. The summed E-state index contributed by atoms with van der Waals surface area (Å²) in [5, 5.41) is 3.09. The summed E-state index contributed by atoms with van der Waals surface area (Å²) < 4.78 is 22.1. The van der Waals surface area contributed by atoms with Crippen molar-refractivity contribution in [3.8, 4) is 0 Å². The highest BCUT2D eigenvalue weighted by Crippen LogP contribution is 2.48. The van der Waals surface area contributed by atoms with E-state index >= 15 is 0 Å². The van der Waals surface area contributed by atoms with Crippen molar-refractivity contribution in [3.63, 3.8) is 0 Å². The smallest absolute Gasteiger partial charge is 0.324 e. The van der Waals surface area contributed by atoms with Gasteiger partial charge in [0.05, 0.1) is 6.61 Å². The first kappa shape index (κ1) is 38.0. The van der Waals surface area contributed by atoms with Crippen molar-refractivity contribution in [3.05, 3.63) is 0 Å². The van der Waals surface area contributed by atoms with Gasteiger partial charge in [-0.15, -0.1) is 0 Å². The summed E-state index contributed by atoms with van der Waals surface area (Å²) >= 11 is 5.09. The Labute approximate surface area is 252 Å². The average molecular weight is 606 g/mol. The predicted octanol–water partition coefficient (Wildman–Crippen LogP) is 6.79. The van der Waals surface area contributed by atoms with Gasteiger partial charge in [0.1, 0.15) is 20.1 Å². The van der Waals surface area contributed by atoms with Crippen molar-refractivity contribution in [1.29, 1.82) is 0 Å². The summed E-state index contributed by atoms with van der Waals surface area (Å²) in [6, 6.07) is 0.0159. The van der Waals surface area contributed by atoms with E-state index in [2.05, 4.69) is 12.2 Å². The van der Waals surface area contributed by atoms with E-state index in [1.165, 1.54) is 84.2 Å². The topological polar surface area (TPSA) is 86.2 Å². The number of carbonyl (C=O) groups is 1. The Morgan fingerprint density at radius 1 is 0.875 bits per heavy atom. The summed E-state index contributed by atoms with van der Waals surface area (Å²) in [6.45, 7) is 0.175. The second-order valence-corrected chi connectivity index (χ2v) is 14.5. The van der Waals surface area contributed by atoms with Gasteiger partial charge in [0.2, 0.25) is 5.91 Å². The second-order valence-electron chi connectivity index (χ2n) is 11.6. The Hall–Kier alpha value is -0.0151. The van der Waals surface area contributed by atoms with E-state index in [4.69, 9.17) is 30.3 Å². The van der Waals surface area contributed by atoms with Crippen molar-refractivity contribution in [2.45, 2.75) is 154 Å². The molecule has 1 aliphatic heterocycles. The fourth-order valence-electron chi connectivity index (χ4n) is 5.69. The zero-order valence-corrected chi connectivity index (χ0v) is 27.9. The van der Waals surface area contributed by atoms with Crippen LogP contribution in [0.5, 0.6) is 0 Å². The SMILES string of the molecule is B[C@@H]1O[C@H](COC)C(OP(O)(=S)OC)[C@@H]1CCCCCCCNC(=O)CCCCCCCCCCCCCCC. The fourth-order valence-corrected chi connectivity index (χ4v) is 6.68. The molecule has 1 amide bonds. The van der Waals surface area contributed by atoms with Gasteiger partial charge in [0.25, 0.3) is 0 Å². The Balaban J connectivity index is 1.99. The molecule has 0 radical (unpaired) electrons. The van der Waals surface area contributed by atoms with Crippen LogP contribution >= 0.6 is 6.72 Å². The molecule has 1 fully saturated rings. The summed E-state index contributed by atoms with van der Waals surface area (Å²) in [6.07, 6.45) is 23.7. The van der Waals surface area contributed by atoms with Gasteiger partial charge in [0.15, 0.2) is 0 Å². The van der Waals surface area contributed by atoms with Crippen LogP contribution in [0.3, 0.4) is 0 Å². The molecular formula is C30H61BNO6PS. The number of rotatable bonds is 27. The van der Waals surface area contributed by atoms with Crippen LogP contribution in [0.4, 0.5) is 0 Å². The largest absolute Gasteiger partial charge is 0.382 e. The van der Waals surface area contributed by atoms with Crippen molar-refractivity contribution in [2.24, 2.45) is 5.92 Å². The van der Waals surface area contributed by atoms with Gasteiger partial charge in [-0.1, -0.05) is 110 Å². The number of carbonyl (C=O) groups excluding carboxylic acids is 1. The van der Waals surface area contributed by atoms with Crippen LogP contribution in [0.1, 0.15) is 135 Å². The molecule has 0 aliphatic carbocycles. The molecule has 2 unspecified atom stereocenters. The summed E-state index contributed by atoms with van der Waals surface area (Å²) in [7, 11) is 5.06. The van der Waals surface area contributed by atoms with E-state index in [0.29, 0.717) is 13.0 Å². The molecule has 7 nitrogen and oxygen atoms in total. The van der Waals surface area contributed by atoms with Crippen LogP contribution in [0.2, 0.25) is 0 Å². The highest BCUT2D eigenvalue weighted by atomic mass is 32.5. The molecule has 5 atom stereocenters. The first-order chi connectivity index (χ1) is 19.3. The molecule has 1 aliphatic rings. The Kier molecular flexibility index (Phi) is 23.2. The van der Waals surface area contributed by atoms with E-state index in [1.54, 1.807) is 7.11 Å². The van der Waals surface area contributed by atoms with E-state index in [0.717, 1.165) is 51.5 Å². The van der Waals surface area contributed by atoms with E-state index in [1.807, 2.05) is 7.85 Å². The molecule has 236 valence electrons. The predicted molar refractivity (Wildman–Crippen MR) is 172 cm³/mol. The number of hydrogen-bond donors (Lipinski definition) is 2. The van der Waals surface area contributed by atoms with Gasteiger partial charge in [-0.2, -0.15) is 0 Å². The lowest BCUT2D eigenvalue weighted by Gasteiger charge is -2.26. The van der Waals surface area contributed by atoms with Crippen LogP contribution in [0, 0.1) is 5.92 Å². The van der Waals surface area contributed by atoms with Gasteiger partial charge in [0, 0.05) is 39.1 Å². The minimum Gasteiger partial charge on any atom is -0.382 e.